The van der Waals surface area contributed by atoms with Crippen LogP contribution < -0.4 is 10.1 Å². The lowest BCUT2D eigenvalue weighted by Gasteiger charge is -2.42. The van der Waals surface area contributed by atoms with Crippen LogP contribution in [0.25, 0.3) is 0 Å². The molecule has 6 rings (SSSR count). The molecule has 2 amide bonds. The summed E-state index contributed by atoms with van der Waals surface area (Å²) in [6.07, 6.45) is 8.85. The van der Waals surface area contributed by atoms with Crippen LogP contribution >= 0.6 is 0 Å². The average molecular weight is 560 g/mol. The molecule has 1 saturated carbocycles. The maximum absolute atomic E-state index is 12.8. The van der Waals surface area contributed by atoms with E-state index in [1.807, 2.05) is 17.0 Å². The van der Waals surface area contributed by atoms with Gasteiger partial charge in [0.05, 0.1) is 12.3 Å². The summed E-state index contributed by atoms with van der Waals surface area (Å²) in [5.41, 5.74) is 3.85. The number of rotatable bonds is 11. The molecule has 41 heavy (non-hydrogen) atoms. The predicted octanol–water partition coefficient (Wildman–Crippen LogP) is 2.60. The van der Waals surface area contributed by atoms with E-state index in [1.54, 1.807) is 18.5 Å². The number of amides is 2. The Balaban J connectivity index is 0.924. The highest BCUT2D eigenvalue weighted by Crippen LogP contribution is 2.31. The first-order chi connectivity index (χ1) is 20.0. The number of likely N-dealkylation sites (tertiary alicyclic amines) is 1. The van der Waals surface area contributed by atoms with E-state index < -0.39 is 6.10 Å². The van der Waals surface area contributed by atoms with Gasteiger partial charge in [-0.05, 0) is 67.0 Å². The number of carbonyl (C=O) groups excluding carboxylic acids is 2. The molecular formula is C31H37N5O5. The van der Waals surface area contributed by atoms with Crippen molar-refractivity contribution in [2.45, 2.75) is 51.4 Å². The maximum Gasteiger partial charge on any atom is 0.251 e. The van der Waals surface area contributed by atoms with Gasteiger partial charge in [-0.2, -0.15) is 0 Å². The lowest BCUT2D eigenvalue weighted by Crippen LogP contribution is -2.53. The molecule has 1 atom stereocenters. The molecule has 2 fully saturated rings. The van der Waals surface area contributed by atoms with Crippen molar-refractivity contribution in [3.63, 3.8) is 0 Å². The molecule has 2 aliphatic heterocycles. The number of pyridine rings is 1. The third-order valence-corrected chi connectivity index (χ3v) is 8.40. The summed E-state index contributed by atoms with van der Waals surface area (Å²) in [7, 11) is 0. The van der Waals surface area contributed by atoms with Gasteiger partial charge >= 0.3 is 0 Å². The van der Waals surface area contributed by atoms with Crippen molar-refractivity contribution in [1.29, 1.82) is 0 Å². The first-order valence-corrected chi connectivity index (χ1v) is 14.5. The molecule has 1 saturated heterocycles. The Labute approximate surface area is 239 Å². The number of aliphatic hydroxyl groups is 1. The third-order valence-electron chi connectivity index (χ3n) is 8.40. The second-order valence-corrected chi connectivity index (χ2v) is 11.5. The van der Waals surface area contributed by atoms with E-state index in [2.05, 4.69) is 32.3 Å². The lowest BCUT2D eigenvalue weighted by atomic mass is 9.82. The van der Waals surface area contributed by atoms with E-state index in [9.17, 15) is 14.7 Å². The van der Waals surface area contributed by atoms with Crippen molar-refractivity contribution in [1.82, 2.24) is 25.1 Å². The van der Waals surface area contributed by atoms with Crippen molar-refractivity contribution in [2.24, 2.45) is 11.8 Å². The van der Waals surface area contributed by atoms with Gasteiger partial charge in [-0.3, -0.25) is 19.5 Å². The van der Waals surface area contributed by atoms with Crippen LogP contribution in [0, 0.1) is 11.8 Å². The number of oxazole rings is 1. The van der Waals surface area contributed by atoms with Crippen molar-refractivity contribution < 1.29 is 23.8 Å². The summed E-state index contributed by atoms with van der Waals surface area (Å²) >= 11 is 0. The molecule has 3 aromatic rings. The Bertz CT molecular complexity index is 1350. The first kappa shape index (κ1) is 27.4. The number of β-amino-alcohol motifs (C(OH)–C–C–N with tert-alkyl or cyclic N) is 1. The summed E-state index contributed by atoms with van der Waals surface area (Å²) in [5.74, 6) is 2.19. The van der Waals surface area contributed by atoms with Crippen LogP contribution in [0.1, 0.15) is 52.2 Å². The van der Waals surface area contributed by atoms with Gasteiger partial charge in [0, 0.05) is 62.6 Å². The number of nitrogens with zero attached hydrogens (tertiary/aromatic N) is 4. The summed E-state index contributed by atoms with van der Waals surface area (Å²) in [5, 5.41) is 13.5. The smallest absolute Gasteiger partial charge is 0.251 e. The maximum atomic E-state index is 12.8. The molecule has 2 N–H and O–H groups in total. The minimum atomic E-state index is -0.680. The molecule has 2 aromatic heterocycles. The molecule has 0 radical (unpaired) electrons. The Morgan fingerprint density at radius 3 is 2.83 bits per heavy atom. The number of ether oxygens (including phenoxy) is 1. The van der Waals surface area contributed by atoms with Gasteiger partial charge in [0.15, 0.2) is 12.2 Å². The number of aliphatic hydroxyl groups excluding tert-OH is 1. The molecule has 0 bridgehead atoms. The molecule has 0 unspecified atom stereocenters. The van der Waals surface area contributed by atoms with Gasteiger partial charge in [-0.25, -0.2) is 4.98 Å². The van der Waals surface area contributed by atoms with Gasteiger partial charge in [0.2, 0.25) is 5.91 Å². The number of fused-ring (bicyclic) bond motifs is 1. The van der Waals surface area contributed by atoms with E-state index in [4.69, 9.17) is 9.15 Å². The van der Waals surface area contributed by atoms with Crippen LogP contribution in [0.5, 0.6) is 5.75 Å². The van der Waals surface area contributed by atoms with Crippen LogP contribution in [0.4, 0.5) is 0 Å². The number of hydrogen-bond acceptors (Lipinski definition) is 8. The summed E-state index contributed by atoms with van der Waals surface area (Å²) < 4.78 is 11.0. The Kier molecular flexibility index (Phi) is 8.29. The highest BCUT2D eigenvalue weighted by Gasteiger charge is 2.36. The zero-order valence-corrected chi connectivity index (χ0v) is 23.2. The van der Waals surface area contributed by atoms with E-state index in [0.29, 0.717) is 36.3 Å². The molecular weight excluding hydrogens is 522 g/mol. The fourth-order valence-electron chi connectivity index (χ4n) is 5.80. The first-order valence-electron chi connectivity index (χ1n) is 14.5. The van der Waals surface area contributed by atoms with Gasteiger partial charge < -0.3 is 24.5 Å². The van der Waals surface area contributed by atoms with Crippen LogP contribution in [0.3, 0.4) is 0 Å². The number of aromatic nitrogens is 2. The van der Waals surface area contributed by atoms with Crippen molar-refractivity contribution in [3.8, 4) is 5.75 Å². The quantitative estimate of drug-likeness (QED) is 0.368. The fourth-order valence-corrected chi connectivity index (χ4v) is 5.80. The number of nitrogens with one attached hydrogen (secondary N) is 1. The zero-order chi connectivity index (χ0) is 28.2. The van der Waals surface area contributed by atoms with Gasteiger partial charge in [0.25, 0.3) is 5.91 Å². The number of hydrogen-bond donors (Lipinski definition) is 2. The van der Waals surface area contributed by atoms with Gasteiger partial charge in [-0.1, -0.05) is 12.5 Å². The van der Waals surface area contributed by atoms with E-state index in [1.165, 1.54) is 23.9 Å². The summed E-state index contributed by atoms with van der Waals surface area (Å²) in [6, 6.07) is 9.61. The highest BCUT2D eigenvalue weighted by molar-refractivity contribution is 5.94. The largest absolute Gasteiger partial charge is 0.486 e. The molecule has 1 aliphatic carbocycles. The highest BCUT2D eigenvalue weighted by atomic mass is 16.5. The molecule has 0 spiro atoms. The van der Waals surface area contributed by atoms with E-state index in [-0.39, 0.29) is 18.4 Å². The monoisotopic (exact) mass is 559 g/mol. The minimum Gasteiger partial charge on any atom is -0.486 e. The number of carbonyl (C=O) groups is 2. The molecule has 3 aliphatic rings. The average Bonchev–Trinajstić information content (AvgIpc) is 3.45. The standard InChI is InChI=1S/C31H37N5O5/c37-27(18-35-9-7-23-12-28(5-4-25(23)17-35)40-19-29-14-32-20-41-29)13-34-30(38)24-6-8-33-26(11-24)10-21-15-36(16-21)31(39)22-2-1-3-22/h4-6,8,11-12,14,20-22,27,37H,1-3,7,9-10,13,15-19H2,(H,34,38)/t27-/m0/s1. The molecule has 10 heteroatoms. The van der Waals surface area contributed by atoms with E-state index >= 15 is 0 Å². The second kappa shape index (κ2) is 12.4. The topological polar surface area (TPSA) is 121 Å². The zero-order valence-electron chi connectivity index (χ0n) is 23.2. The molecule has 10 nitrogen and oxygen atoms in total. The van der Waals surface area contributed by atoms with Gasteiger partial charge in [-0.15, -0.1) is 0 Å². The van der Waals surface area contributed by atoms with Crippen LogP contribution in [-0.2, 0) is 30.8 Å². The third kappa shape index (κ3) is 6.77. The predicted molar refractivity (Wildman–Crippen MR) is 150 cm³/mol. The summed E-state index contributed by atoms with van der Waals surface area (Å²) in [4.78, 5) is 37.7. The van der Waals surface area contributed by atoms with Crippen LogP contribution in [-0.4, -0.2) is 75.5 Å². The second-order valence-electron chi connectivity index (χ2n) is 11.5. The minimum absolute atomic E-state index is 0.176. The Morgan fingerprint density at radius 2 is 2.05 bits per heavy atom. The Hall–Kier alpha value is -3.76. The van der Waals surface area contributed by atoms with Crippen molar-refractivity contribution in [2.75, 3.05) is 32.7 Å². The van der Waals surface area contributed by atoms with Gasteiger partial charge in [0.1, 0.15) is 12.4 Å². The van der Waals surface area contributed by atoms with Crippen LogP contribution in [0.15, 0.2) is 53.5 Å². The van der Waals surface area contributed by atoms with E-state index in [0.717, 1.165) is 63.3 Å². The fraction of sp³-hybridized carbons (Fsp3) is 0.484. The Morgan fingerprint density at radius 1 is 1.17 bits per heavy atom. The van der Waals surface area contributed by atoms with Crippen molar-refractivity contribution in [3.05, 3.63) is 77.3 Å². The summed E-state index contributed by atoms with van der Waals surface area (Å²) in [6.45, 7) is 4.10. The molecule has 4 heterocycles. The number of benzene rings is 1. The SMILES string of the molecule is O=C(NC[C@H](O)CN1CCc2cc(OCc3cnco3)ccc2C1)c1ccnc(CC2CN(C(=O)C3CCC3)C2)c1. The normalized spacial score (nSPS) is 18.2. The van der Waals surface area contributed by atoms with Crippen molar-refractivity contribution >= 4 is 11.8 Å². The molecule has 216 valence electrons. The van der Waals surface area contributed by atoms with Crippen LogP contribution in [0.2, 0.25) is 0 Å². The lowest BCUT2D eigenvalue weighted by molar-refractivity contribution is -0.144. The molecule has 1 aromatic carbocycles.